The lowest BCUT2D eigenvalue weighted by atomic mass is 9.96. The third-order valence-corrected chi connectivity index (χ3v) is 5.56. The largest absolute Gasteiger partial charge is 0.425 e. The van der Waals surface area contributed by atoms with Gasteiger partial charge in [-0.2, -0.15) is 0 Å². The van der Waals surface area contributed by atoms with E-state index in [0.29, 0.717) is 35.5 Å². The molecular weight excluding hydrogens is 366 g/mol. The lowest BCUT2D eigenvalue weighted by molar-refractivity contribution is -0.132. The minimum Gasteiger partial charge on any atom is -0.425 e. The van der Waals surface area contributed by atoms with Gasteiger partial charge in [-0.3, -0.25) is 9.59 Å². The number of piperidine rings is 1. The highest BCUT2D eigenvalue weighted by Crippen LogP contribution is 2.40. The van der Waals surface area contributed by atoms with Crippen molar-refractivity contribution in [3.63, 3.8) is 0 Å². The zero-order valence-corrected chi connectivity index (χ0v) is 15.8. The van der Waals surface area contributed by atoms with E-state index in [2.05, 4.69) is 10.2 Å². The zero-order chi connectivity index (χ0) is 18.8. The molecule has 0 radical (unpaired) electrons. The Bertz CT molecular complexity index is 821. The van der Waals surface area contributed by atoms with Crippen LogP contribution in [0.4, 0.5) is 0 Å². The molecule has 1 amide bonds. The topological polar surface area (TPSA) is 76.3 Å². The molecule has 0 bridgehead atoms. The third-order valence-electron chi connectivity index (χ3n) is 5.31. The molecule has 1 aromatic heterocycles. The van der Waals surface area contributed by atoms with E-state index in [1.54, 1.807) is 24.3 Å². The first-order chi connectivity index (χ1) is 13.1. The first-order valence-corrected chi connectivity index (χ1v) is 9.88. The van der Waals surface area contributed by atoms with E-state index in [9.17, 15) is 9.59 Å². The molecule has 0 atom stereocenters. The van der Waals surface area contributed by atoms with Crippen LogP contribution < -0.4 is 0 Å². The Hall–Kier alpha value is -2.21. The number of carbonyl (C=O) groups is 2. The molecule has 2 aliphatic rings. The second kappa shape index (κ2) is 7.80. The van der Waals surface area contributed by atoms with Crippen molar-refractivity contribution in [1.29, 1.82) is 0 Å². The van der Waals surface area contributed by atoms with Crippen LogP contribution in [0.1, 0.15) is 72.5 Å². The summed E-state index contributed by atoms with van der Waals surface area (Å²) in [5, 5.41) is 8.94. The number of carbonyl (C=O) groups excluding carboxylic acids is 2. The SMILES string of the molecule is O=C(CCC(=O)N1CCC(c2nnc(C3CC3)o2)CC1)c1ccc(Cl)cc1. The van der Waals surface area contributed by atoms with E-state index >= 15 is 0 Å². The van der Waals surface area contributed by atoms with Crippen LogP contribution in [0, 0.1) is 0 Å². The smallest absolute Gasteiger partial charge is 0.223 e. The predicted molar refractivity (Wildman–Crippen MR) is 99.8 cm³/mol. The Kier molecular flexibility index (Phi) is 5.25. The number of nitrogens with zero attached hydrogens (tertiary/aromatic N) is 3. The number of benzene rings is 1. The van der Waals surface area contributed by atoms with Crippen molar-refractivity contribution in [3.05, 3.63) is 46.6 Å². The van der Waals surface area contributed by atoms with Crippen molar-refractivity contribution < 1.29 is 14.0 Å². The molecule has 1 aliphatic carbocycles. The monoisotopic (exact) mass is 387 g/mol. The molecular formula is C20H22ClN3O3. The van der Waals surface area contributed by atoms with Gasteiger partial charge in [-0.05, 0) is 49.9 Å². The number of hydrogen-bond acceptors (Lipinski definition) is 5. The Morgan fingerprint density at radius 3 is 2.15 bits per heavy atom. The molecule has 4 rings (SSSR count). The standard InChI is InChI=1S/C20H22ClN3O3/c21-16-5-3-13(4-6-16)17(25)7-8-18(26)24-11-9-15(10-12-24)20-23-22-19(27-20)14-1-2-14/h3-6,14-15H,1-2,7-12H2. The van der Waals surface area contributed by atoms with E-state index in [-0.39, 0.29) is 30.4 Å². The van der Waals surface area contributed by atoms with Gasteiger partial charge >= 0.3 is 0 Å². The van der Waals surface area contributed by atoms with Crippen LogP contribution in [0.3, 0.4) is 0 Å². The van der Waals surface area contributed by atoms with E-state index in [1.807, 2.05) is 4.90 Å². The van der Waals surface area contributed by atoms with Crippen LogP contribution in [0.2, 0.25) is 5.02 Å². The minimum absolute atomic E-state index is 0.0277. The molecule has 0 spiro atoms. The number of Topliss-reactive ketones (excluding diaryl/α,β-unsaturated/α-hetero) is 1. The Morgan fingerprint density at radius 1 is 0.963 bits per heavy atom. The molecule has 0 unspecified atom stereocenters. The van der Waals surface area contributed by atoms with Gasteiger partial charge in [0.25, 0.3) is 0 Å². The van der Waals surface area contributed by atoms with Crippen LogP contribution in [0.5, 0.6) is 0 Å². The average molecular weight is 388 g/mol. The Labute approximate surface area is 162 Å². The highest BCUT2D eigenvalue weighted by Gasteiger charge is 2.32. The summed E-state index contributed by atoms with van der Waals surface area (Å²) >= 11 is 5.83. The van der Waals surface area contributed by atoms with Crippen molar-refractivity contribution in [1.82, 2.24) is 15.1 Å². The van der Waals surface area contributed by atoms with Crippen molar-refractivity contribution >= 4 is 23.3 Å². The van der Waals surface area contributed by atoms with Crippen LogP contribution >= 0.6 is 11.6 Å². The third kappa shape index (κ3) is 4.38. The summed E-state index contributed by atoms with van der Waals surface area (Å²) in [7, 11) is 0. The van der Waals surface area contributed by atoms with Gasteiger partial charge in [-0.25, -0.2) is 0 Å². The Morgan fingerprint density at radius 2 is 1.56 bits per heavy atom. The molecule has 0 N–H and O–H groups in total. The summed E-state index contributed by atoms with van der Waals surface area (Å²) in [6, 6.07) is 6.77. The van der Waals surface area contributed by atoms with Gasteiger partial charge in [0.05, 0.1) is 0 Å². The minimum atomic E-state index is -0.0339. The molecule has 7 heteroatoms. The van der Waals surface area contributed by atoms with E-state index < -0.39 is 0 Å². The molecule has 1 saturated heterocycles. The van der Waals surface area contributed by atoms with Crippen LogP contribution in [0.15, 0.2) is 28.7 Å². The number of likely N-dealkylation sites (tertiary alicyclic amines) is 1. The molecule has 1 aliphatic heterocycles. The molecule has 1 saturated carbocycles. The average Bonchev–Trinajstić information content (AvgIpc) is 3.43. The highest BCUT2D eigenvalue weighted by molar-refractivity contribution is 6.30. The fourth-order valence-electron chi connectivity index (χ4n) is 3.44. The van der Waals surface area contributed by atoms with Crippen molar-refractivity contribution in [2.45, 2.75) is 50.4 Å². The zero-order valence-electron chi connectivity index (χ0n) is 15.1. The quantitative estimate of drug-likeness (QED) is 0.701. The van der Waals surface area contributed by atoms with Crippen LogP contribution in [-0.4, -0.2) is 39.9 Å². The number of amides is 1. The lowest BCUT2D eigenvalue weighted by Gasteiger charge is -2.30. The van der Waals surface area contributed by atoms with E-state index in [0.717, 1.165) is 31.6 Å². The first-order valence-electron chi connectivity index (χ1n) is 9.50. The molecule has 1 aromatic carbocycles. The number of halogens is 1. The fraction of sp³-hybridized carbons (Fsp3) is 0.500. The normalized spacial score (nSPS) is 17.9. The van der Waals surface area contributed by atoms with Gasteiger partial charge in [0, 0.05) is 48.4 Å². The van der Waals surface area contributed by atoms with Crippen molar-refractivity contribution in [3.8, 4) is 0 Å². The van der Waals surface area contributed by atoms with Gasteiger partial charge in [-0.15, -0.1) is 10.2 Å². The molecule has 2 heterocycles. The van der Waals surface area contributed by atoms with Gasteiger partial charge in [-0.1, -0.05) is 11.6 Å². The molecule has 2 aromatic rings. The van der Waals surface area contributed by atoms with Gasteiger partial charge in [0.1, 0.15) is 0 Å². The lowest BCUT2D eigenvalue weighted by Crippen LogP contribution is -2.38. The fourth-order valence-corrected chi connectivity index (χ4v) is 3.57. The molecule has 142 valence electrons. The summed E-state index contributed by atoms with van der Waals surface area (Å²) < 4.78 is 5.80. The number of aromatic nitrogens is 2. The van der Waals surface area contributed by atoms with Crippen LogP contribution in [-0.2, 0) is 4.79 Å². The van der Waals surface area contributed by atoms with Crippen LogP contribution in [0.25, 0.3) is 0 Å². The van der Waals surface area contributed by atoms with Crippen molar-refractivity contribution in [2.24, 2.45) is 0 Å². The second-order valence-electron chi connectivity index (χ2n) is 7.34. The summed E-state index contributed by atoms with van der Waals surface area (Å²) in [6.07, 6.45) is 4.38. The summed E-state index contributed by atoms with van der Waals surface area (Å²) in [5.74, 6) is 2.16. The maximum atomic E-state index is 12.4. The summed E-state index contributed by atoms with van der Waals surface area (Å²) in [5.41, 5.74) is 0.591. The number of rotatable bonds is 6. The van der Waals surface area contributed by atoms with Gasteiger partial charge in [0.15, 0.2) is 5.78 Å². The van der Waals surface area contributed by atoms with E-state index in [1.165, 1.54) is 0 Å². The van der Waals surface area contributed by atoms with Crippen molar-refractivity contribution in [2.75, 3.05) is 13.1 Å². The van der Waals surface area contributed by atoms with Gasteiger partial charge in [0.2, 0.25) is 17.7 Å². The maximum absolute atomic E-state index is 12.4. The number of ketones is 1. The summed E-state index contributed by atoms with van der Waals surface area (Å²) in [4.78, 5) is 26.5. The van der Waals surface area contributed by atoms with Gasteiger partial charge < -0.3 is 9.32 Å². The number of hydrogen-bond donors (Lipinski definition) is 0. The predicted octanol–water partition coefficient (Wildman–Crippen LogP) is 3.97. The van der Waals surface area contributed by atoms with E-state index in [4.69, 9.17) is 16.0 Å². The molecule has 27 heavy (non-hydrogen) atoms. The first kappa shape index (κ1) is 18.2. The molecule has 2 fully saturated rings. The maximum Gasteiger partial charge on any atom is 0.223 e. The molecule has 6 nitrogen and oxygen atoms in total. The summed E-state index contributed by atoms with van der Waals surface area (Å²) in [6.45, 7) is 1.33. The Balaban J connectivity index is 1.24. The highest BCUT2D eigenvalue weighted by atomic mass is 35.5. The second-order valence-corrected chi connectivity index (χ2v) is 7.77.